The Kier molecular flexibility index (Phi) is 3.21. The number of nitrogens with one attached hydrogen (secondary N) is 1. The van der Waals surface area contributed by atoms with E-state index < -0.39 is 5.54 Å². The summed E-state index contributed by atoms with van der Waals surface area (Å²) in [5, 5.41) is 3.69. The lowest BCUT2D eigenvalue weighted by Crippen LogP contribution is -2.52. The van der Waals surface area contributed by atoms with E-state index in [4.69, 9.17) is 16.6 Å². The second-order valence-corrected chi connectivity index (χ2v) is 6.40. The van der Waals surface area contributed by atoms with E-state index in [1.807, 2.05) is 25.2 Å². The highest BCUT2D eigenvalue weighted by Crippen LogP contribution is 2.41. The third-order valence-electron chi connectivity index (χ3n) is 4.52. The van der Waals surface area contributed by atoms with Crippen LogP contribution in [0.1, 0.15) is 11.7 Å². The zero-order chi connectivity index (χ0) is 16.0. The zero-order valence-corrected chi connectivity index (χ0v) is 13.4. The van der Waals surface area contributed by atoms with Gasteiger partial charge in [0, 0.05) is 19.3 Å². The van der Waals surface area contributed by atoms with Gasteiger partial charge >= 0.3 is 0 Å². The Morgan fingerprint density at radius 1 is 1.43 bits per heavy atom. The maximum absolute atomic E-state index is 13.3. The Morgan fingerprint density at radius 3 is 3.00 bits per heavy atom. The zero-order valence-electron chi connectivity index (χ0n) is 12.6. The lowest BCUT2D eigenvalue weighted by Gasteiger charge is -2.26. The van der Waals surface area contributed by atoms with Gasteiger partial charge in [-0.1, -0.05) is 0 Å². The molecule has 2 fully saturated rings. The van der Waals surface area contributed by atoms with Crippen molar-refractivity contribution in [2.75, 3.05) is 25.0 Å². The number of carbonyl (C=O) groups is 1. The van der Waals surface area contributed by atoms with E-state index in [0.717, 1.165) is 12.3 Å². The Bertz CT molecular complexity index is 749. The summed E-state index contributed by atoms with van der Waals surface area (Å²) in [6, 6.07) is 7.38. The maximum Gasteiger partial charge on any atom is 0.261 e. The third-order valence-corrected chi connectivity index (χ3v) is 4.80. The minimum Gasteiger partial charge on any atom is -0.469 e. The fourth-order valence-electron chi connectivity index (χ4n) is 3.55. The van der Waals surface area contributed by atoms with Crippen LogP contribution in [-0.4, -0.2) is 46.6 Å². The molecule has 2 atom stereocenters. The summed E-state index contributed by atoms with van der Waals surface area (Å²) in [5.74, 6) is 0.655. The Hall–Kier alpha value is -2.25. The number of carbonyl (C=O) groups excluding carboxylic acids is 1. The molecule has 4 heterocycles. The van der Waals surface area contributed by atoms with Crippen molar-refractivity contribution in [3.63, 3.8) is 0 Å². The van der Waals surface area contributed by atoms with Crippen molar-refractivity contribution >= 4 is 28.9 Å². The molecule has 7 heteroatoms. The number of hydrogen-bond donors (Lipinski definition) is 1. The minimum atomic E-state index is -0.792. The Labute approximate surface area is 139 Å². The highest BCUT2D eigenvalue weighted by Gasteiger charge is 2.59. The van der Waals surface area contributed by atoms with Crippen molar-refractivity contribution in [2.24, 2.45) is 0 Å². The van der Waals surface area contributed by atoms with Gasteiger partial charge in [0.15, 0.2) is 5.11 Å². The molecule has 1 N–H and O–H groups in total. The van der Waals surface area contributed by atoms with E-state index in [1.165, 1.54) is 4.90 Å². The third kappa shape index (κ3) is 2.08. The molecule has 2 aromatic heterocycles. The van der Waals surface area contributed by atoms with E-state index in [9.17, 15) is 4.79 Å². The highest BCUT2D eigenvalue weighted by atomic mass is 32.1. The van der Waals surface area contributed by atoms with Gasteiger partial charge in [-0.05, 0) is 43.5 Å². The Balaban J connectivity index is 1.76. The quantitative estimate of drug-likeness (QED) is 0.840. The van der Waals surface area contributed by atoms with Crippen LogP contribution >= 0.6 is 12.2 Å². The molecule has 0 radical (unpaired) electrons. The summed E-state index contributed by atoms with van der Waals surface area (Å²) in [6.45, 7) is 1.31. The van der Waals surface area contributed by atoms with Crippen LogP contribution in [-0.2, 0) is 4.79 Å². The molecule has 2 aliphatic heterocycles. The van der Waals surface area contributed by atoms with Gasteiger partial charge in [-0.2, -0.15) is 0 Å². The van der Waals surface area contributed by atoms with E-state index in [1.54, 1.807) is 24.7 Å². The van der Waals surface area contributed by atoms with Crippen molar-refractivity contribution in [1.82, 2.24) is 15.2 Å². The Morgan fingerprint density at radius 2 is 2.30 bits per heavy atom. The molecule has 0 aromatic carbocycles. The summed E-state index contributed by atoms with van der Waals surface area (Å²) >= 11 is 5.45. The molecule has 118 valence electrons. The summed E-state index contributed by atoms with van der Waals surface area (Å²) in [6.07, 6.45) is 4.95. The number of thiocarbonyl (C=S) groups is 1. The van der Waals surface area contributed by atoms with Crippen molar-refractivity contribution in [3.8, 4) is 0 Å². The molecule has 1 spiro atoms. The number of amides is 1. The van der Waals surface area contributed by atoms with Crippen LogP contribution < -0.4 is 10.2 Å². The number of furan rings is 1. The lowest BCUT2D eigenvalue weighted by atomic mass is 9.85. The van der Waals surface area contributed by atoms with Crippen molar-refractivity contribution in [2.45, 2.75) is 11.5 Å². The molecule has 0 unspecified atom stereocenters. The molecular formula is C16H16N4O2S. The van der Waals surface area contributed by atoms with Crippen molar-refractivity contribution in [3.05, 3.63) is 48.7 Å². The lowest BCUT2D eigenvalue weighted by molar-refractivity contribution is -0.122. The van der Waals surface area contributed by atoms with Crippen LogP contribution in [0.5, 0.6) is 0 Å². The molecule has 4 rings (SSSR count). The van der Waals surface area contributed by atoms with Crippen molar-refractivity contribution in [1.29, 1.82) is 0 Å². The fraction of sp³-hybridized carbons (Fsp3) is 0.312. The van der Waals surface area contributed by atoms with Gasteiger partial charge in [-0.3, -0.25) is 14.7 Å². The van der Waals surface area contributed by atoms with Gasteiger partial charge in [-0.15, -0.1) is 0 Å². The minimum absolute atomic E-state index is 0.0544. The van der Waals surface area contributed by atoms with E-state index in [-0.39, 0.29) is 11.8 Å². The first-order valence-corrected chi connectivity index (χ1v) is 7.81. The average Bonchev–Trinajstić information content (AvgIpc) is 3.21. The van der Waals surface area contributed by atoms with Crippen molar-refractivity contribution < 1.29 is 9.21 Å². The summed E-state index contributed by atoms with van der Waals surface area (Å²) in [5.41, 5.74) is -0.112. The maximum atomic E-state index is 13.3. The molecule has 0 aliphatic carbocycles. The van der Waals surface area contributed by atoms with Crippen LogP contribution in [0.25, 0.3) is 0 Å². The predicted octanol–water partition coefficient (Wildman–Crippen LogP) is 1.36. The molecule has 0 saturated carbocycles. The van der Waals surface area contributed by atoms with Crippen LogP contribution in [0.15, 0.2) is 47.3 Å². The van der Waals surface area contributed by atoms with E-state index >= 15 is 0 Å². The number of nitrogens with zero attached hydrogens (tertiary/aromatic N) is 3. The summed E-state index contributed by atoms with van der Waals surface area (Å²) in [7, 11) is 2.00. The molecule has 2 saturated heterocycles. The van der Waals surface area contributed by atoms with Gasteiger partial charge in [0.1, 0.15) is 11.3 Å². The summed E-state index contributed by atoms with van der Waals surface area (Å²) in [4.78, 5) is 21.0. The van der Waals surface area contributed by atoms with Gasteiger partial charge in [0.05, 0.1) is 24.1 Å². The number of rotatable bonds is 2. The normalized spacial score (nSPS) is 27.9. The topological polar surface area (TPSA) is 61.6 Å². The summed E-state index contributed by atoms with van der Waals surface area (Å²) < 4.78 is 5.58. The molecule has 2 aromatic rings. The van der Waals surface area contributed by atoms with Gasteiger partial charge in [0.25, 0.3) is 5.91 Å². The first-order valence-electron chi connectivity index (χ1n) is 7.40. The van der Waals surface area contributed by atoms with Gasteiger partial charge in [0.2, 0.25) is 0 Å². The molecule has 6 nitrogen and oxygen atoms in total. The SMILES string of the molecule is CN1C[C@@H](c2ccco2)[C@]2(C1)NC(=S)N(c1cccnc1)C2=O. The van der Waals surface area contributed by atoms with Crippen LogP contribution in [0.2, 0.25) is 0 Å². The molecule has 2 aliphatic rings. The van der Waals surface area contributed by atoms with E-state index in [2.05, 4.69) is 15.2 Å². The number of pyridine rings is 1. The highest BCUT2D eigenvalue weighted by molar-refractivity contribution is 7.80. The molecular weight excluding hydrogens is 312 g/mol. The van der Waals surface area contributed by atoms with E-state index in [0.29, 0.717) is 17.3 Å². The van der Waals surface area contributed by atoms with Gasteiger partial charge in [-0.25, -0.2) is 0 Å². The number of likely N-dealkylation sites (tertiary alicyclic amines) is 1. The number of aromatic nitrogens is 1. The largest absolute Gasteiger partial charge is 0.469 e. The number of anilines is 1. The molecule has 1 amide bonds. The van der Waals surface area contributed by atoms with Crippen LogP contribution in [0.3, 0.4) is 0 Å². The fourth-order valence-corrected chi connectivity index (χ4v) is 3.92. The smallest absolute Gasteiger partial charge is 0.261 e. The van der Waals surface area contributed by atoms with Crippen LogP contribution in [0, 0.1) is 0 Å². The standard InChI is InChI=1S/C16H16N4O2S/c1-19-9-12(13-5-3-7-22-13)16(10-19)14(21)20(15(23)18-16)11-4-2-6-17-8-11/h2-8,12H,9-10H2,1H3,(H,18,23)/t12-,16-/m0/s1. The first kappa shape index (κ1) is 14.3. The molecule has 0 bridgehead atoms. The number of likely N-dealkylation sites (N-methyl/N-ethyl adjacent to an activating group) is 1. The number of hydrogen-bond acceptors (Lipinski definition) is 5. The monoisotopic (exact) mass is 328 g/mol. The van der Waals surface area contributed by atoms with Gasteiger partial charge < -0.3 is 14.6 Å². The predicted molar refractivity (Wildman–Crippen MR) is 89.1 cm³/mol. The molecule has 23 heavy (non-hydrogen) atoms. The second kappa shape index (κ2) is 5.14. The first-order chi connectivity index (χ1) is 11.1. The van der Waals surface area contributed by atoms with Crippen LogP contribution in [0.4, 0.5) is 5.69 Å². The average molecular weight is 328 g/mol. The second-order valence-electron chi connectivity index (χ2n) is 6.02.